The number of rotatable bonds is 7. The SMILES string of the molecule is CCC(NC(C)c1ccc(OC)cc1OC)C1CC1. The monoisotopic (exact) mass is 263 g/mol. The maximum absolute atomic E-state index is 5.48. The number of benzene rings is 1. The molecule has 0 spiro atoms. The summed E-state index contributed by atoms with van der Waals surface area (Å²) in [7, 11) is 3.39. The van der Waals surface area contributed by atoms with E-state index in [9.17, 15) is 0 Å². The highest BCUT2D eigenvalue weighted by molar-refractivity contribution is 5.42. The van der Waals surface area contributed by atoms with Crippen LogP contribution in [0.5, 0.6) is 11.5 Å². The van der Waals surface area contributed by atoms with Crippen LogP contribution in [0.4, 0.5) is 0 Å². The molecule has 2 atom stereocenters. The van der Waals surface area contributed by atoms with E-state index in [1.165, 1.54) is 24.8 Å². The fourth-order valence-electron chi connectivity index (χ4n) is 2.67. The third kappa shape index (κ3) is 3.41. The Morgan fingerprint density at radius 2 is 2.00 bits per heavy atom. The molecule has 1 aromatic carbocycles. The average Bonchev–Trinajstić information content (AvgIpc) is 3.28. The molecule has 0 saturated heterocycles. The molecule has 106 valence electrons. The first-order valence-corrected chi connectivity index (χ1v) is 7.17. The lowest BCUT2D eigenvalue weighted by molar-refractivity contribution is 0.370. The normalized spacial score (nSPS) is 17.9. The number of hydrogen-bond acceptors (Lipinski definition) is 3. The van der Waals surface area contributed by atoms with E-state index in [4.69, 9.17) is 9.47 Å². The average molecular weight is 263 g/mol. The smallest absolute Gasteiger partial charge is 0.127 e. The summed E-state index contributed by atoms with van der Waals surface area (Å²) in [6.45, 7) is 4.46. The van der Waals surface area contributed by atoms with Gasteiger partial charge in [-0.15, -0.1) is 0 Å². The molecule has 1 aliphatic rings. The summed E-state index contributed by atoms with van der Waals surface area (Å²) < 4.78 is 10.7. The van der Waals surface area contributed by atoms with E-state index in [2.05, 4.69) is 25.2 Å². The van der Waals surface area contributed by atoms with Gasteiger partial charge in [-0.2, -0.15) is 0 Å². The van der Waals surface area contributed by atoms with E-state index in [0.29, 0.717) is 12.1 Å². The predicted octanol–water partition coefficient (Wildman–Crippen LogP) is 3.54. The van der Waals surface area contributed by atoms with Crippen molar-refractivity contribution < 1.29 is 9.47 Å². The molecule has 19 heavy (non-hydrogen) atoms. The summed E-state index contributed by atoms with van der Waals surface area (Å²) in [6, 6.07) is 6.96. The van der Waals surface area contributed by atoms with Gasteiger partial charge in [0.05, 0.1) is 14.2 Å². The van der Waals surface area contributed by atoms with Crippen molar-refractivity contribution in [2.75, 3.05) is 14.2 Å². The van der Waals surface area contributed by atoms with Gasteiger partial charge in [0.15, 0.2) is 0 Å². The Balaban J connectivity index is 2.10. The van der Waals surface area contributed by atoms with Gasteiger partial charge in [0.25, 0.3) is 0 Å². The molecule has 0 aromatic heterocycles. The van der Waals surface area contributed by atoms with E-state index in [1.54, 1.807) is 14.2 Å². The van der Waals surface area contributed by atoms with Gasteiger partial charge < -0.3 is 14.8 Å². The third-order valence-corrected chi connectivity index (χ3v) is 4.00. The highest BCUT2D eigenvalue weighted by Crippen LogP contribution is 2.36. The lowest BCUT2D eigenvalue weighted by Crippen LogP contribution is -2.32. The third-order valence-electron chi connectivity index (χ3n) is 4.00. The molecule has 0 aliphatic heterocycles. The topological polar surface area (TPSA) is 30.5 Å². The van der Waals surface area contributed by atoms with Crippen LogP contribution in [0, 0.1) is 5.92 Å². The van der Waals surface area contributed by atoms with Crippen LogP contribution in [0.1, 0.15) is 44.7 Å². The van der Waals surface area contributed by atoms with Gasteiger partial charge in [-0.05, 0) is 38.2 Å². The van der Waals surface area contributed by atoms with Crippen LogP contribution < -0.4 is 14.8 Å². The molecular weight excluding hydrogens is 238 g/mol. The number of methoxy groups -OCH3 is 2. The molecule has 2 unspecified atom stereocenters. The minimum absolute atomic E-state index is 0.298. The zero-order valence-electron chi connectivity index (χ0n) is 12.4. The maximum atomic E-state index is 5.48. The highest BCUT2D eigenvalue weighted by atomic mass is 16.5. The van der Waals surface area contributed by atoms with Gasteiger partial charge in [-0.25, -0.2) is 0 Å². The molecule has 0 heterocycles. The predicted molar refractivity (Wildman–Crippen MR) is 77.9 cm³/mol. The van der Waals surface area contributed by atoms with Crippen LogP contribution in [0.15, 0.2) is 18.2 Å². The Morgan fingerprint density at radius 1 is 1.26 bits per heavy atom. The molecular formula is C16H25NO2. The molecule has 1 fully saturated rings. The van der Waals surface area contributed by atoms with Crippen LogP contribution in [-0.4, -0.2) is 20.3 Å². The van der Waals surface area contributed by atoms with Crippen molar-refractivity contribution in [2.45, 2.75) is 45.2 Å². The van der Waals surface area contributed by atoms with E-state index in [0.717, 1.165) is 17.4 Å². The summed E-state index contributed by atoms with van der Waals surface area (Å²) in [6.07, 6.45) is 3.93. The van der Waals surface area contributed by atoms with Gasteiger partial charge in [-0.1, -0.05) is 13.0 Å². The molecule has 1 aromatic rings. The van der Waals surface area contributed by atoms with E-state index >= 15 is 0 Å². The van der Waals surface area contributed by atoms with Crippen molar-refractivity contribution in [3.8, 4) is 11.5 Å². The van der Waals surface area contributed by atoms with Crippen molar-refractivity contribution in [3.63, 3.8) is 0 Å². The second-order valence-corrected chi connectivity index (χ2v) is 5.35. The summed E-state index contributed by atoms with van der Waals surface area (Å²) in [5.41, 5.74) is 1.20. The molecule has 2 rings (SSSR count). The van der Waals surface area contributed by atoms with Crippen LogP contribution >= 0.6 is 0 Å². The van der Waals surface area contributed by atoms with E-state index in [-0.39, 0.29) is 0 Å². The summed E-state index contributed by atoms with van der Waals surface area (Å²) in [5.74, 6) is 2.60. The maximum Gasteiger partial charge on any atom is 0.127 e. The molecule has 3 heteroatoms. The molecule has 0 amide bonds. The Kier molecular flexibility index (Phi) is 4.70. The van der Waals surface area contributed by atoms with Crippen molar-refractivity contribution in [1.29, 1.82) is 0 Å². The van der Waals surface area contributed by atoms with Gasteiger partial charge in [0.2, 0.25) is 0 Å². The fraction of sp³-hybridized carbons (Fsp3) is 0.625. The first-order valence-electron chi connectivity index (χ1n) is 7.17. The molecule has 1 saturated carbocycles. The summed E-state index contributed by atoms with van der Waals surface area (Å²) in [5, 5.41) is 3.74. The zero-order chi connectivity index (χ0) is 13.8. The number of ether oxygens (including phenoxy) is 2. The van der Waals surface area contributed by atoms with Crippen molar-refractivity contribution in [2.24, 2.45) is 5.92 Å². The second kappa shape index (κ2) is 6.29. The first kappa shape index (κ1) is 14.2. The Bertz CT molecular complexity index is 415. The molecule has 0 bridgehead atoms. The molecule has 0 radical (unpaired) electrons. The molecule has 1 aliphatic carbocycles. The minimum atomic E-state index is 0.298. The lowest BCUT2D eigenvalue weighted by Gasteiger charge is -2.24. The van der Waals surface area contributed by atoms with Crippen LogP contribution in [0.2, 0.25) is 0 Å². The Labute approximate surface area is 116 Å². The van der Waals surface area contributed by atoms with Gasteiger partial charge in [0.1, 0.15) is 11.5 Å². The van der Waals surface area contributed by atoms with Crippen molar-refractivity contribution >= 4 is 0 Å². The molecule has 1 N–H and O–H groups in total. The summed E-state index contributed by atoms with van der Waals surface area (Å²) in [4.78, 5) is 0. The number of hydrogen-bond donors (Lipinski definition) is 1. The summed E-state index contributed by atoms with van der Waals surface area (Å²) >= 11 is 0. The van der Waals surface area contributed by atoms with Crippen LogP contribution in [0.25, 0.3) is 0 Å². The van der Waals surface area contributed by atoms with Crippen LogP contribution in [0.3, 0.4) is 0 Å². The van der Waals surface area contributed by atoms with Gasteiger partial charge in [0, 0.05) is 23.7 Å². The minimum Gasteiger partial charge on any atom is -0.497 e. The highest BCUT2D eigenvalue weighted by Gasteiger charge is 2.31. The van der Waals surface area contributed by atoms with E-state index in [1.807, 2.05) is 12.1 Å². The fourth-order valence-corrected chi connectivity index (χ4v) is 2.67. The lowest BCUT2D eigenvalue weighted by atomic mass is 10.0. The zero-order valence-corrected chi connectivity index (χ0v) is 12.4. The first-order chi connectivity index (χ1) is 9.19. The molecule has 3 nitrogen and oxygen atoms in total. The van der Waals surface area contributed by atoms with Crippen molar-refractivity contribution in [1.82, 2.24) is 5.32 Å². The van der Waals surface area contributed by atoms with Gasteiger partial charge in [-0.3, -0.25) is 0 Å². The van der Waals surface area contributed by atoms with Crippen molar-refractivity contribution in [3.05, 3.63) is 23.8 Å². The standard InChI is InChI=1S/C16H25NO2/c1-5-15(12-6-7-12)17-11(2)14-9-8-13(18-3)10-16(14)19-4/h8-12,15,17H,5-7H2,1-4H3. The Morgan fingerprint density at radius 3 is 2.53 bits per heavy atom. The largest absolute Gasteiger partial charge is 0.497 e. The quantitative estimate of drug-likeness (QED) is 0.816. The van der Waals surface area contributed by atoms with E-state index < -0.39 is 0 Å². The van der Waals surface area contributed by atoms with Gasteiger partial charge >= 0.3 is 0 Å². The second-order valence-electron chi connectivity index (χ2n) is 5.35. The van der Waals surface area contributed by atoms with Crippen LogP contribution in [-0.2, 0) is 0 Å². The Hall–Kier alpha value is -1.22. The number of nitrogens with one attached hydrogen (secondary N) is 1.